The van der Waals surface area contributed by atoms with Crippen LogP contribution in [0.1, 0.15) is 21.6 Å². The molecule has 0 fully saturated rings. The predicted octanol–water partition coefficient (Wildman–Crippen LogP) is 3.00. The highest BCUT2D eigenvalue weighted by Gasteiger charge is 2.09. The lowest BCUT2D eigenvalue weighted by atomic mass is 10.1. The second kappa shape index (κ2) is 6.03. The number of rotatable bonds is 5. The zero-order valence-corrected chi connectivity index (χ0v) is 12.3. The van der Waals surface area contributed by atoms with Crippen molar-refractivity contribution in [1.29, 1.82) is 0 Å². The van der Waals surface area contributed by atoms with Crippen LogP contribution in [0.4, 0.5) is 0 Å². The van der Waals surface area contributed by atoms with Crippen molar-refractivity contribution in [2.24, 2.45) is 0 Å². The molecule has 0 amide bonds. The van der Waals surface area contributed by atoms with Gasteiger partial charge < -0.3 is 14.4 Å². The van der Waals surface area contributed by atoms with Crippen molar-refractivity contribution in [3.63, 3.8) is 0 Å². The Kier molecular flexibility index (Phi) is 3.94. The Bertz CT molecular complexity index is 803. The number of aliphatic hydroxyl groups is 1. The summed E-state index contributed by atoms with van der Waals surface area (Å²) >= 11 is 0. The number of aromatic nitrogens is 1. The van der Waals surface area contributed by atoms with Crippen molar-refractivity contribution in [1.82, 2.24) is 4.57 Å². The van der Waals surface area contributed by atoms with Gasteiger partial charge >= 0.3 is 0 Å². The second-order valence-electron chi connectivity index (χ2n) is 5.17. The number of nitrogens with zero attached hydrogens (tertiary/aromatic N) is 1. The van der Waals surface area contributed by atoms with E-state index in [2.05, 4.69) is 0 Å². The number of aldehydes is 1. The number of hydrogen-bond donors (Lipinski definition) is 1. The van der Waals surface area contributed by atoms with E-state index in [4.69, 9.17) is 4.74 Å². The molecule has 0 aliphatic carbocycles. The molecular weight excluding hydrogens is 278 g/mol. The highest BCUT2D eigenvalue weighted by Crippen LogP contribution is 2.23. The molecule has 0 aliphatic rings. The standard InChI is InChI=1S/C18H17NO3/c1-22-17-5-2-13(3-6-17)10-19-16(12-21)9-15-8-14(11-20)4-7-18(15)19/h2-9,12,20H,10-11H2,1H3. The van der Waals surface area contributed by atoms with Gasteiger partial charge in [-0.2, -0.15) is 0 Å². The number of ether oxygens (including phenoxy) is 1. The predicted molar refractivity (Wildman–Crippen MR) is 85.3 cm³/mol. The SMILES string of the molecule is COc1ccc(Cn2c(C=O)cc3cc(CO)ccc32)cc1. The van der Waals surface area contributed by atoms with Crippen LogP contribution in [0, 0.1) is 0 Å². The Labute approximate surface area is 128 Å². The van der Waals surface area contributed by atoms with Crippen LogP contribution in [-0.2, 0) is 13.2 Å². The van der Waals surface area contributed by atoms with Crippen molar-refractivity contribution >= 4 is 17.2 Å². The summed E-state index contributed by atoms with van der Waals surface area (Å²) in [6, 6.07) is 15.4. The summed E-state index contributed by atoms with van der Waals surface area (Å²) in [5.74, 6) is 0.810. The molecule has 0 atom stereocenters. The molecule has 112 valence electrons. The van der Waals surface area contributed by atoms with Crippen molar-refractivity contribution in [2.45, 2.75) is 13.2 Å². The molecule has 1 aromatic heterocycles. The van der Waals surface area contributed by atoms with E-state index in [1.165, 1.54) is 0 Å². The first-order valence-electron chi connectivity index (χ1n) is 7.06. The molecule has 0 unspecified atom stereocenters. The molecule has 22 heavy (non-hydrogen) atoms. The van der Waals surface area contributed by atoms with E-state index >= 15 is 0 Å². The normalized spacial score (nSPS) is 10.8. The monoisotopic (exact) mass is 295 g/mol. The Morgan fingerprint density at radius 2 is 1.82 bits per heavy atom. The molecule has 1 N–H and O–H groups in total. The highest BCUT2D eigenvalue weighted by molar-refractivity contribution is 5.89. The van der Waals surface area contributed by atoms with Crippen LogP contribution in [0.2, 0.25) is 0 Å². The highest BCUT2D eigenvalue weighted by atomic mass is 16.5. The van der Waals surface area contributed by atoms with Gasteiger partial charge in [0.2, 0.25) is 0 Å². The largest absolute Gasteiger partial charge is 0.497 e. The number of benzene rings is 2. The zero-order chi connectivity index (χ0) is 15.5. The van der Waals surface area contributed by atoms with E-state index in [0.29, 0.717) is 12.2 Å². The van der Waals surface area contributed by atoms with E-state index in [1.54, 1.807) is 7.11 Å². The van der Waals surface area contributed by atoms with Gasteiger partial charge in [-0.25, -0.2) is 0 Å². The van der Waals surface area contributed by atoms with Crippen molar-refractivity contribution in [3.05, 3.63) is 65.4 Å². The first-order valence-corrected chi connectivity index (χ1v) is 7.06. The van der Waals surface area contributed by atoms with Gasteiger partial charge in [-0.1, -0.05) is 18.2 Å². The average Bonchev–Trinajstić information content (AvgIpc) is 2.92. The topological polar surface area (TPSA) is 51.5 Å². The first kappa shape index (κ1) is 14.4. The first-order chi connectivity index (χ1) is 10.7. The van der Waals surface area contributed by atoms with Gasteiger partial charge in [0.15, 0.2) is 6.29 Å². The molecule has 0 spiro atoms. The molecule has 0 aliphatic heterocycles. The van der Waals surface area contributed by atoms with Gasteiger partial charge in [-0.15, -0.1) is 0 Å². The number of fused-ring (bicyclic) bond motifs is 1. The summed E-state index contributed by atoms with van der Waals surface area (Å²) in [6.07, 6.45) is 0.863. The minimum atomic E-state index is -0.00395. The maximum atomic E-state index is 11.4. The number of carbonyl (C=O) groups is 1. The lowest BCUT2D eigenvalue weighted by molar-refractivity contribution is 0.111. The van der Waals surface area contributed by atoms with Crippen LogP contribution in [0.5, 0.6) is 5.75 Å². The van der Waals surface area contributed by atoms with Gasteiger partial charge in [-0.05, 0) is 41.5 Å². The third-order valence-corrected chi connectivity index (χ3v) is 3.80. The number of hydrogen-bond acceptors (Lipinski definition) is 3. The van der Waals surface area contributed by atoms with Gasteiger partial charge in [0.1, 0.15) is 5.75 Å². The molecule has 0 saturated carbocycles. The van der Waals surface area contributed by atoms with E-state index < -0.39 is 0 Å². The van der Waals surface area contributed by atoms with E-state index in [-0.39, 0.29) is 6.61 Å². The van der Waals surface area contributed by atoms with E-state index in [1.807, 2.05) is 53.1 Å². The van der Waals surface area contributed by atoms with Crippen LogP contribution in [-0.4, -0.2) is 23.1 Å². The third kappa shape index (κ3) is 2.61. The quantitative estimate of drug-likeness (QED) is 0.736. The fourth-order valence-electron chi connectivity index (χ4n) is 2.63. The van der Waals surface area contributed by atoms with Crippen LogP contribution in [0.25, 0.3) is 10.9 Å². The molecule has 1 heterocycles. The van der Waals surface area contributed by atoms with Gasteiger partial charge in [-0.3, -0.25) is 4.79 Å². The maximum Gasteiger partial charge on any atom is 0.166 e. The van der Waals surface area contributed by atoms with Crippen LogP contribution >= 0.6 is 0 Å². The number of carbonyl (C=O) groups excluding carboxylic acids is 1. The zero-order valence-electron chi connectivity index (χ0n) is 12.3. The van der Waals surface area contributed by atoms with E-state index in [0.717, 1.165) is 34.1 Å². The smallest absolute Gasteiger partial charge is 0.166 e. The van der Waals surface area contributed by atoms with Gasteiger partial charge in [0.05, 0.1) is 19.4 Å². The molecule has 0 radical (unpaired) electrons. The lowest BCUT2D eigenvalue weighted by Gasteiger charge is -2.09. The summed E-state index contributed by atoms with van der Waals surface area (Å²) in [5, 5.41) is 10.2. The second-order valence-corrected chi connectivity index (χ2v) is 5.17. The van der Waals surface area contributed by atoms with Gasteiger partial charge in [0, 0.05) is 17.4 Å². The third-order valence-electron chi connectivity index (χ3n) is 3.80. The molecule has 3 rings (SSSR count). The molecule has 3 aromatic rings. The van der Waals surface area contributed by atoms with Crippen LogP contribution in [0.3, 0.4) is 0 Å². The summed E-state index contributed by atoms with van der Waals surface area (Å²) in [4.78, 5) is 11.4. The Morgan fingerprint density at radius 1 is 1.09 bits per heavy atom. The van der Waals surface area contributed by atoms with Crippen molar-refractivity contribution in [2.75, 3.05) is 7.11 Å². The summed E-state index contributed by atoms with van der Waals surface area (Å²) in [5.41, 5.74) is 3.54. The fraction of sp³-hybridized carbons (Fsp3) is 0.167. The Morgan fingerprint density at radius 3 is 2.45 bits per heavy atom. The molecule has 0 bridgehead atoms. The molecule has 2 aromatic carbocycles. The molecule has 4 heteroatoms. The minimum absolute atomic E-state index is 0.00395. The van der Waals surface area contributed by atoms with Crippen LogP contribution < -0.4 is 4.74 Å². The minimum Gasteiger partial charge on any atom is -0.497 e. The van der Waals surface area contributed by atoms with Gasteiger partial charge in [0.25, 0.3) is 0 Å². The molecule has 4 nitrogen and oxygen atoms in total. The molecule has 0 saturated heterocycles. The number of aliphatic hydroxyl groups excluding tert-OH is 1. The summed E-state index contributed by atoms with van der Waals surface area (Å²) in [6.45, 7) is 0.607. The Balaban J connectivity index is 2.02. The van der Waals surface area contributed by atoms with Crippen molar-refractivity contribution in [3.8, 4) is 5.75 Å². The van der Waals surface area contributed by atoms with Crippen molar-refractivity contribution < 1.29 is 14.6 Å². The molecular formula is C18H17NO3. The fourth-order valence-corrected chi connectivity index (χ4v) is 2.63. The maximum absolute atomic E-state index is 11.4. The van der Waals surface area contributed by atoms with E-state index in [9.17, 15) is 9.90 Å². The average molecular weight is 295 g/mol. The summed E-state index contributed by atoms with van der Waals surface area (Å²) in [7, 11) is 1.64. The van der Waals surface area contributed by atoms with Crippen LogP contribution in [0.15, 0.2) is 48.5 Å². The lowest BCUT2D eigenvalue weighted by Crippen LogP contribution is -2.03. The summed E-state index contributed by atoms with van der Waals surface area (Å²) < 4.78 is 7.14. The number of methoxy groups -OCH3 is 1. The Hall–Kier alpha value is -2.59.